The highest BCUT2D eigenvalue weighted by Crippen LogP contribution is 2.22. The Balaban J connectivity index is 2.33. The maximum atomic E-state index is 12.1. The average Bonchev–Trinajstić information content (AvgIpc) is 2.27. The fourth-order valence-corrected chi connectivity index (χ4v) is 2.29. The molecular formula is C15H29NO2. The normalized spacial score (nSPS) is 22.4. The summed E-state index contributed by atoms with van der Waals surface area (Å²) in [6, 6.07) is 0.499. The van der Waals surface area contributed by atoms with E-state index in [4.69, 9.17) is 4.74 Å². The third kappa shape index (κ3) is 5.49. The summed E-state index contributed by atoms with van der Waals surface area (Å²) in [5.74, 6) is 0.282. The Bertz CT molecular complexity index is 268. The molecule has 0 saturated carbocycles. The molecule has 3 heteroatoms. The Labute approximate surface area is 112 Å². The van der Waals surface area contributed by atoms with Crippen LogP contribution in [0.2, 0.25) is 0 Å². The van der Waals surface area contributed by atoms with Gasteiger partial charge in [-0.15, -0.1) is 0 Å². The van der Waals surface area contributed by atoms with Gasteiger partial charge in [0.25, 0.3) is 0 Å². The fraction of sp³-hybridized carbons (Fsp3) is 0.933. The molecule has 1 unspecified atom stereocenters. The van der Waals surface area contributed by atoms with Crippen LogP contribution in [0.15, 0.2) is 0 Å². The van der Waals surface area contributed by atoms with E-state index < -0.39 is 0 Å². The number of Topliss-reactive ketones (excluding diaryl/α,β-unsaturated/α-hetero) is 1. The minimum Gasteiger partial charge on any atom is -0.368 e. The summed E-state index contributed by atoms with van der Waals surface area (Å²) >= 11 is 0. The van der Waals surface area contributed by atoms with Crippen molar-refractivity contribution in [3.63, 3.8) is 0 Å². The van der Waals surface area contributed by atoms with Crippen LogP contribution in [0.4, 0.5) is 0 Å². The zero-order valence-corrected chi connectivity index (χ0v) is 12.7. The molecule has 0 spiro atoms. The Morgan fingerprint density at radius 3 is 2.61 bits per heavy atom. The van der Waals surface area contributed by atoms with E-state index in [9.17, 15) is 4.79 Å². The van der Waals surface area contributed by atoms with E-state index >= 15 is 0 Å². The van der Waals surface area contributed by atoms with Gasteiger partial charge in [0.1, 0.15) is 6.10 Å². The molecule has 0 aromatic heterocycles. The fourth-order valence-electron chi connectivity index (χ4n) is 2.29. The van der Waals surface area contributed by atoms with Crippen molar-refractivity contribution in [2.75, 3.05) is 19.7 Å². The molecule has 0 N–H and O–H groups in total. The third-order valence-corrected chi connectivity index (χ3v) is 3.54. The molecule has 106 valence electrons. The maximum Gasteiger partial charge on any atom is 0.162 e. The number of hydrogen-bond acceptors (Lipinski definition) is 3. The maximum absolute atomic E-state index is 12.1. The van der Waals surface area contributed by atoms with Gasteiger partial charge < -0.3 is 4.74 Å². The van der Waals surface area contributed by atoms with Crippen LogP contribution < -0.4 is 0 Å². The van der Waals surface area contributed by atoms with Gasteiger partial charge in [0.2, 0.25) is 0 Å². The monoisotopic (exact) mass is 255 g/mol. The van der Waals surface area contributed by atoms with Gasteiger partial charge in [-0.3, -0.25) is 9.69 Å². The largest absolute Gasteiger partial charge is 0.368 e. The summed E-state index contributed by atoms with van der Waals surface area (Å²) in [4.78, 5) is 14.4. The van der Waals surface area contributed by atoms with Crippen LogP contribution in [0.5, 0.6) is 0 Å². The van der Waals surface area contributed by atoms with Crippen molar-refractivity contribution in [3.8, 4) is 0 Å². The van der Waals surface area contributed by atoms with E-state index in [1.54, 1.807) is 0 Å². The summed E-state index contributed by atoms with van der Waals surface area (Å²) in [6.45, 7) is 13.4. The molecular weight excluding hydrogens is 226 g/mol. The second-order valence-corrected chi connectivity index (χ2v) is 6.83. The first-order chi connectivity index (χ1) is 8.29. The molecule has 1 aliphatic heterocycles. The van der Waals surface area contributed by atoms with Gasteiger partial charge in [0.15, 0.2) is 5.78 Å². The van der Waals surface area contributed by atoms with Gasteiger partial charge in [-0.1, -0.05) is 20.8 Å². The van der Waals surface area contributed by atoms with Crippen molar-refractivity contribution in [1.29, 1.82) is 0 Å². The zero-order chi connectivity index (χ0) is 13.8. The first-order valence-corrected chi connectivity index (χ1v) is 7.18. The average molecular weight is 255 g/mol. The topological polar surface area (TPSA) is 29.5 Å². The van der Waals surface area contributed by atoms with Gasteiger partial charge in [0.05, 0.1) is 6.61 Å². The van der Waals surface area contributed by atoms with E-state index in [1.807, 2.05) is 0 Å². The molecule has 3 nitrogen and oxygen atoms in total. The Morgan fingerprint density at radius 1 is 1.39 bits per heavy atom. The third-order valence-electron chi connectivity index (χ3n) is 3.54. The smallest absolute Gasteiger partial charge is 0.162 e. The Morgan fingerprint density at radius 2 is 2.06 bits per heavy atom. The van der Waals surface area contributed by atoms with Gasteiger partial charge >= 0.3 is 0 Å². The van der Waals surface area contributed by atoms with Crippen LogP contribution >= 0.6 is 0 Å². The van der Waals surface area contributed by atoms with Crippen LogP contribution in [0.25, 0.3) is 0 Å². The van der Waals surface area contributed by atoms with Crippen molar-refractivity contribution in [2.45, 2.75) is 66.0 Å². The van der Waals surface area contributed by atoms with Crippen molar-refractivity contribution in [2.24, 2.45) is 5.41 Å². The summed E-state index contributed by atoms with van der Waals surface area (Å²) < 4.78 is 5.61. The Kier molecular flexibility index (Phi) is 5.80. The SMILES string of the molecule is CC(C)N1CCOC(C(=O)CCCC(C)(C)C)C1. The summed E-state index contributed by atoms with van der Waals surface area (Å²) in [7, 11) is 0. The summed E-state index contributed by atoms with van der Waals surface area (Å²) in [5.41, 5.74) is 0.317. The number of hydrogen-bond donors (Lipinski definition) is 0. The molecule has 1 saturated heterocycles. The van der Waals surface area contributed by atoms with Crippen molar-refractivity contribution in [3.05, 3.63) is 0 Å². The first-order valence-electron chi connectivity index (χ1n) is 7.18. The first kappa shape index (κ1) is 15.6. The number of nitrogens with zero attached hydrogens (tertiary/aromatic N) is 1. The molecule has 1 fully saturated rings. The van der Waals surface area contributed by atoms with Gasteiger partial charge in [-0.25, -0.2) is 0 Å². The highest BCUT2D eigenvalue weighted by molar-refractivity contribution is 5.83. The number of ether oxygens (including phenoxy) is 1. The van der Waals surface area contributed by atoms with Crippen molar-refractivity contribution >= 4 is 5.78 Å². The molecule has 0 aromatic rings. The lowest BCUT2D eigenvalue weighted by Gasteiger charge is -2.34. The van der Waals surface area contributed by atoms with Crippen LogP contribution in [0.1, 0.15) is 53.9 Å². The predicted molar refractivity (Wildman–Crippen MR) is 74.8 cm³/mol. The lowest BCUT2D eigenvalue weighted by atomic mass is 9.89. The minimum absolute atomic E-state index is 0.193. The molecule has 0 amide bonds. The predicted octanol–water partition coefficient (Wildman–Crippen LogP) is 2.88. The molecule has 1 rings (SSSR count). The number of morpholine rings is 1. The van der Waals surface area contributed by atoms with Crippen LogP contribution in [-0.2, 0) is 9.53 Å². The highest BCUT2D eigenvalue weighted by atomic mass is 16.5. The van der Waals surface area contributed by atoms with E-state index in [2.05, 4.69) is 39.5 Å². The highest BCUT2D eigenvalue weighted by Gasteiger charge is 2.27. The molecule has 0 aromatic carbocycles. The number of rotatable bonds is 5. The molecule has 1 atom stereocenters. The quantitative estimate of drug-likeness (QED) is 0.756. The van der Waals surface area contributed by atoms with E-state index in [1.165, 1.54) is 0 Å². The molecule has 1 aliphatic rings. The van der Waals surface area contributed by atoms with E-state index in [0.29, 0.717) is 24.5 Å². The van der Waals surface area contributed by atoms with Crippen LogP contribution in [0.3, 0.4) is 0 Å². The van der Waals surface area contributed by atoms with E-state index in [0.717, 1.165) is 25.9 Å². The molecule has 1 heterocycles. The lowest BCUT2D eigenvalue weighted by molar-refractivity contribution is -0.137. The van der Waals surface area contributed by atoms with Gasteiger partial charge in [0, 0.05) is 25.6 Å². The lowest BCUT2D eigenvalue weighted by Crippen LogP contribution is -2.48. The number of ketones is 1. The summed E-state index contributed by atoms with van der Waals surface area (Å²) in [5, 5.41) is 0. The van der Waals surface area contributed by atoms with Crippen molar-refractivity contribution < 1.29 is 9.53 Å². The molecule has 18 heavy (non-hydrogen) atoms. The number of carbonyl (C=O) groups is 1. The van der Waals surface area contributed by atoms with E-state index in [-0.39, 0.29) is 11.9 Å². The minimum atomic E-state index is -0.193. The standard InChI is InChI=1S/C15H29NO2/c1-12(2)16-9-10-18-14(11-16)13(17)7-6-8-15(3,4)5/h12,14H,6-11H2,1-5H3. The zero-order valence-electron chi connectivity index (χ0n) is 12.7. The second-order valence-electron chi connectivity index (χ2n) is 6.83. The molecule has 0 bridgehead atoms. The Hall–Kier alpha value is -0.410. The van der Waals surface area contributed by atoms with Crippen LogP contribution in [-0.4, -0.2) is 42.5 Å². The number of carbonyl (C=O) groups excluding carboxylic acids is 1. The van der Waals surface area contributed by atoms with Crippen LogP contribution in [0, 0.1) is 5.41 Å². The van der Waals surface area contributed by atoms with Crippen molar-refractivity contribution in [1.82, 2.24) is 4.90 Å². The van der Waals surface area contributed by atoms with Gasteiger partial charge in [-0.2, -0.15) is 0 Å². The molecule has 0 radical (unpaired) electrons. The molecule has 0 aliphatic carbocycles. The summed E-state index contributed by atoms with van der Waals surface area (Å²) in [6.07, 6.45) is 2.54. The second kappa shape index (κ2) is 6.67. The van der Waals surface area contributed by atoms with Gasteiger partial charge in [-0.05, 0) is 32.1 Å².